The Morgan fingerprint density at radius 3 is 2.73 bits per heavy atom. The number of phenols is 1. The van der Waals surface area contributed by atoms with Gasteiger partial charge < -0.3 is 9.84 Å². The van der Waals surface area contributed by atoms with Gasteiger partial charge in [0.2, 0.25) is 0 Å². The van der Waals surface area contributed by atoms with Crippen molar-refractivity contribution < 1.29 is 14.6 Å². The Hall–Kier alpha value is -0.930. The number of phenolic OH excluding ortho intramolecular Hbond substituents is 1. The minimum Gasteiger partial charge on any atom is -0.507 e. The van der Waals surface area contributed by atoms with Crippen LogP contribution >= 0.6 is 23.2 Å². The van der Waals surface area contributed by atoms with Crippen molar-refractivity contribution in [1.29, 1.82) is 0 Å². The van der Waals surface area contributed by atoms with E-state index < -0.39 is 11.3 Å². The van der Waals surface area contributed by atoms with Crippen LogP contribution in [0, 0.1) is 0 Å². The first-order valence-electron chi connectivity index (χ1n) is 4.30. The summed E-state index contributed by atoms with van der Waals surface area (Å²) in [6.07, 6.45) is 0. The third-order valence-corrected chi connectivity index (χ3v) is 2.50. The molecule has 0 bridgehead atoms. The molecule has 1 rings (SSSR count). The van der Waals surface area contributed by atoms with E-state index in [1.807, 2.05) is 0 Å². The zero-order valence-corrected chi connectivity index (χ0v) is 9.33. The zero-order valence-electron chi connectivity index (χ0n) is 7.82. The second kappa shape index (κ2) is 5.83. The predicted octanol–water partition coefficient (Wildman–Crippen LogP) is 2.40. The Kier molecular flexibility index (Phi) is 4.72. The molecule has 0 aliphatic heterocycles. The SMILES string of the molecule is O=C(OCC(Cl)CCl)c1ccccc1O. The van der Waals surface area contributed by atoms with Crippen LogP contribution in [0.15, 0.2) is 24.3 Å². The van der Waals surface area contributed by atoms with Gasteiger partial charge in [0.25, 0.3) is 0 Å². The molecule has 1 atom stereocenters. The van der Waals surface area contributed by atoms with Crippen molar-refractivity contribution in [3.63, 3.8) is 0 Å². The first-order chi connectivity index (χ1) is 7.15. The van der Waals surface area contributed by atoms with Crippen molar-refractivity contribution in [2.24, 2.45) is 0 Å². The number of para-hydroxylation sites is 1. The van der Waals surface area contributed by atoms with Crippen LogP contribution in [0.2, 0.25) is 0 Å². The van der Waals surface area contributed by atoms with Crippen LogP contribution in [0.25, 0.3) is 0 Å². The molecule has 82 valence electrons. The summed E-state index contributed by atoms with van der Waals surface area (Å²) in [7, 11) is 0. The van der Waals surface area contributed by atoms with Crippen molar-refractivity contribution in [2.75, 3.05) is 12.5 Å². The molecule has 0 aliphatic carbocycles. The summed E-state index contributed by atoms with van der Waals surface area (Å²) in [5.74, 6) is -0.515. The Morgan fingerprint density at radius 2 is 2.13 bits per heavy atom. The van der Waals surface area contributed by atoms with Gasteiger partial charge in [0, 0.05) is 5.88 Å². The quantitative estimate of drug-likeness (QED) is 0.658. The highest BCUT2D eigenvalue weighted by atomic mass is 35.5. The Bertz CT molecular complexity index is 341. The van der Waals surface area contributed by atoms with E-state index in [2.05, 4.69) is 0 Å². The number of carbonyl (C=O) groups is 1. The van der Waals surface area contributed by atoms with Crippen molar-refractivity contribution in [2.45, 2.75) is 5.38 Å². The lowest BCUT2D eigenvalue weighted by atomic mass is 10.2. The molecular formula is C10H10Cl2O3. The standard InChI is InChI=1S/C10H10Cl2O3/c11-5-7(12)6-15-10(14)8-3-1-2-4-9(8)13/h1-4,7,13H,5-6H2. The van der Waals surface area contributed by atoms with Gasteiger partial charge in [-0.05, 0) is 12.1 Å². The van der Waals surface area contributed by atoms with E-state index >= 15 is 0 Å². The lowest BCUT2D eigenvalue weighted by molar-refractivity contribution is 0.0506. The number of ether oxygens (including phenoxy) is 1. The summed E-state index contributed by atoms with van der Waals surface area (Å²) in [5.41, 5.74) is 0.121. The molecule has 3 nitrogen and oxygen atoms in total. The summed E-state index contributed by atoms with van der Waals surface area (Å²) in [5, 5.41) is 8.93. The summed E-state index contributed by atoms with van der Waals surface area (Å²) in [6, 6.07) is 6.14. The average Bonchev–Trinajstić information content (AvgIpc) is 2.26. The summed E-state index contributed by atoms with van der Waals surface area (Å²) in [6.45, 7) is 0.0260. The first kappa shape index (κ1) is 12.1. The topological polar surface area (TPSA) is 46.5 Å². The molecule has 0 saturated heterocycles. The molecule has 1 unspecified atom stereocenters. The van der Waals surface area contributed by atoms with Gasteiger partial charge in [-0.1, -0.05) is 12.1 Å². The van der Waals surface area contributed by atoms with Crippen LogP contribution in [-0.4, -0.2) is 28.9 Å². The number of hydrogen-bond acceptors (Lipinski definition) is 3. The van der Waals surface area contributed by atoms with Crippen LogP contribution in [0.1, 0.15) is 10.4 Å². The van der Waals surface area contributed by atoms with Crippen molar-refractivity contribution in [3.05, 3.63) is 29.8 Å². The van der Waals surface area contributed by atoms with Crippen molar-refractivity contribution >= 4 is 29.2 Å². The normalized spacial score (nSPS) is 12.1. The van der Waals surface area contributed by atoms with Gasteiger partial charge in [0.1, 0.15) is 17.9 Å². The van der Waals surface area contributed by atoms with E-state index in [9.17, 15) is 9.90 Å². The van der Waals surface area contributed by atoms with E-state index in [1.165, 1.54) is 12.1 Å². The van der Waals surface area contributed by atoms with Crippen LogP contribution in [-0.2, 0) is 4.74 Å². The maximum atomic E-state index is 11.4. The highest BCUT2D eigenvalue weighted by Crippen LogP contribution is 2.16. The molecule has 1 aromatic carbocycles. The van der Waals surface area contributed by atoms with E-state index in [1.54, 1.807) is 12.1 Å². The molecule has 0 fully saturated rings. The Labute approximate surface area is 97.6 Å². The van der Waals surface area contributed by atoms with Crippen LogP contribution in [0.3, 0.4) is 0 Å². The molecule has 0 aliphatic rings. The fraction of sp³-hybridized carbons (Fsp3) is 0.300. The maximum absolute atomic E-state index is 11.4. The van der Waals surface area contributed by atoms with Gasteiger partial charge in [-0.2, -0.15) is 0 Å². The van der Waals surface area contributed by atoms with E-state index in [-0.39, 0.29) is 23.8 Å². The minimum absolute atomic E-state index is 0.0260. The van der Waals surface area contributed by atoms with Crippen LogP contribution < -0.4 is 0 Å². The molecule has 0 saturated carbocycles. The number of hydrogen-bond donors (Lipinski definition) is 1. The van der Waals surface area contributed by atoms with E-state index in [0.29, 0.717) is 0 Å². The number of esters is 1. The van der Waals surface area contributed by atoms with Gasteiger partial charge >= 0.3 is 5.97 Å². The number of alkyl halides is 2. The predicted molar refractivity (Wildman–Crippen MR) is 58.8 cm³/mol. The number of rotatable bonds is 4. The molecule has 0 aromatic heterocycles. The summed E-state index contributed by atoms with van der Waals surface area (Å²) < 4.78 is 4.85. The van der Waals surface area contributed by atoms with Gasteiger partial charge in [0.05, 0.1) is 5.38 Å². The lowest BCUT2D eigenvalue weighted by Crippen LogP contribution is -2.15. The minimum atomic E-state index is -0.608. The number of halogens is 2. The molecule has 0 heterocycles. The highest BCUT2D eigenvalue weighted by Gasteiger charge is 2.13. The van der Waals surface area contributed by atoms with Crippen LogP contribution in [0.4, 0.5) is 0 Å². The molecule has 0 spiro atoms. The van der Waals surface area contributed by atoms with E-state index in [4.69, 9.17) is 27.9 Å². The molecule has 1 N–H and O–H groups in total. The van der Waals surface area contributed by atoms with Crippen molar-refractivity contribution in [3.8, 4) is 5.75 Å². The molecule has 0 amide bonds. The maximum Gasteiger partial charge on any atom is 0.341 e. The number of carbonyl (C=O) groups excluding carboxylic acids is 1. The second-order valence-electron chi connectivity index (χ2n) is 2.87. The third-order valence-electron chi connectivity index (χ3n) is 1.69. The van der Waals surface area contributed by atoms with Gasteiger partial charge in [-0.15, -0.1) is 23.2 Å². The summed E-state index contributed by atoms with van der Waals surface area (Å²) in [4.78, 5) is 11.4. The monoisotopic (exact) mass is 248 g/mol. The highest BCUT2D eigenvalue weighted by molar-refractivity contribution is 6.28. The lowest BCUT2D eigenvalue weighted by Gasteiger charge is -2.08. The molecule has 5 heteroatoms. The number of aromatic hydroxyl groups is 1. The second-order valence-corrected chi connectivity index (χ2v) is 3.79. The average molecular weight is 249 g/mol. The number of benzene rings is 1. The van der Waals surface area contributed by atoms with Crippen LogP contribution in [0.5, 0.6) is 5.75 Å². The zero-order chi connectivity index (χ0) is 11.3. The first-order valence-corrected chi connectivity index (χ1v) is 5.27. The Balaban J connectivity index is 2.58. The largest absolute Gasteiger partial charge is 0.507 e. The van der Waals surface area contributed by atoms with Gasteiger partial charge in [0.15, 0.2) is 0 Å². The van der Waals surface area contributed by atoms with Crippen molar-refractivity contribution in [1.82, 2.24) is 0 Å². The van der Waals surface area contributed by atoms with Gasteiger partial charge in [-0.3, -0.25) is 0 Å². The summed E-state index contributed by atoms with van der Waals surface area (Å²) >= 11 is 11.1. The molecular weight excluding hydrogens is 239 g/mol. The van der Waals surface area contributed by atoms with E-state index in [0.717, 1.165) is 0 Å². The van der Waals surface area contributed by atoms with Gasteiger partial charge in [-0.25, -0.2) is 4.79 Å². The molecule has 15 heavy (non-hydrogen) atoms. The molecule has 0 radical (unpaired) electrons. The fourth-order valence-electron chi connectivity index (χ4n) is 0.935. The molecule has 1 aromatic rings. The Morgan fingerprint density at radius 1 is 1.47 bits per heavy atom. The fourth-order valence-corrected chi connectivity index (χ4v) is 1.09. The third kappa shape index (κ3) is 3.61. The smallest absolute Gasteiger partial charge is 0.341 e.